The van der Waals surface area contributed by atoms with Gasteiger partial charge in [-0.05, 0) is 47.7 Å². The maximum Gasteiger partial charge on any atom is 0.127 e. The summed E-state index contributed by atoms with van der Waals surface area (Å²) in [6, 6.07) is 15.0. The van der Waals surface area contributed by atoms with Crippen LogP contribution in [0.1, 0.15) is 29.1 Å². The van der Waals surface area contributed by atoms with Crippen LogP contribution in [0.15, 0.2) is 54.7 Å². The van der Waals surface area contributed by atoms with Gasteiger partial charge in [0.15, 0.2) is 0 Å². The predicted molar refractivity (Wildman–Crippen MR) is 104 cm³/mol. The van der Waals surface area contributed by atoms with E-state index in [1.54, 1.807) is 24.4 Å². The van der Waals surface area contributed by atoms with Gasteiger partial charge in [0.2, 0.25) is 0 Å². The number of hydrogen-bond acceptors (Lipinski definition) is 2. The summed E-state index contributed by atoms with van der Waals surface area (Å²) in [6.07, 6.45) is 0.0732. The van der Waals surface area contributed by atoms with Gasteiger partial charge in [0.1, 0.15) is 5.75 Å². The lowest BCUT2D eigenvalue weighted by Crippen LogP contribution is -2.09. The molecule has 0 radical (unpaired) electrons. The van der Waals surface area contributed by atoms with Crippen molar-refractivity contribution in [2.45, 2.75) is 27.1 Å². The highest BCUT2D eigenvalue weighted by Crippen LogP contribution is 2.38. The van der Waals surface area contributed by atoms with Crippen LogP contribution in [0.2, 0.25) is 0 Å². The van der Waals surface area contributed by atoms with Crippen molar-refractivity contribution in [2.75, 3.05) is 0 Å². The molecule has 0 atom stereocenters. The van der Waals surface area contributed by atoms with Crippen molar-refractivity contribution < 1.29 is 7.85 Å². The van der Waals surface area contributed by atoms with Crippen molar-refractivity contribution in [1.82, 2.24) is 9.97 Å². The van der Waals surface area contributed by atoms with E-state index >= 15 is 0 Å². The monoisotopic (exact) mass is 332 g/mol. The zero-order valence-electron chi connectivity index (χ0n) is 16.6. The summed E-state index contributed by atoms with van der Waals surface area (Å²) in [5.74, 6) is 0.120. The van der Waals surface area contributed by atoms with Crippen LogP contribution in [-0.4, -0.2) is 15.1 Å². The summed E-state index contributed by atoms with van der Waals surface area (Å²) in [7, 11) is 0. The van der Waals surface area contributed by atoms with Crippen molar-refractivity contribution >= 4 is 21.8 Å². The topological polar surface area (TPSA) is 48.9 Å². The molecule has 2 heterocycles. The lowest BCUT2D eigenvalue weighted by molar-refractivity contribution is 0.411. The van der Waals surface area contributed by atoms with Crippen molar-refractivity contribution in [2.24, 2.45) is 5.41 Å². The third-order valence-electron chi connectivity index (χ3n) is 4.20. The van der Waals surface area contributed by atoms with Crippen LogP contribution in [0.4, 0.5) is 0 Å². The summed E-state index contributed by atoms with van der Waals surface area (Å²) >= 11 is 0. The first kappa shape index (κ1) is 13.5. The molecule has 0 aliphatic carbocycles. The number of rotatable bonds is 2. The SMILES string of the molecule is [2H]C([2H])(c1ccnc(-c2c(O)ccc3c2[nH]c2ccccc23)c1)C(C)(C)C. The molecular formula is C22H22N2O. The van der Waals surface area contributed by atoms with Crippen LogP contribution < -0.4 is 0 Å². The maximum absolute atomic E-state index is 10.6. The van der Waals surface area contributed by atoms with Crippen molar-refractivity contribution in [1.29, 1.82) is 0 Å². The average Bonchev–Trinajstić information content (AvgIpc) is 2.99. The largest absolute Gasteiger partial charge is 0.507 e. The Bertz CT molecular complexity index is 1160. The Hall–Kier alpha value is -2.81. The quantitative estimate of drug-likeness (QED) is 0.496. The van der Waals surface area contributed by atoms with E-state index in [0.717, 1.165) is 21.8 Å². The van der Waals surface area contributed by atoms with Crippen LogP contribution in [-0.2, 0) is 6.37 Å². The van der Waals surface area contributed by atoms with E-state index < -0.39 is 11.8 Å². The van der Waals surface area contributed by atoms with Gasteiger partial charge >= 0.3 is 0 Å². The molecule has 25 heavy (non-hydrogen) atoms. The van der Waals surface area contributed by atoms with Gasteiger partial charge in [0, 0.05) is 25.2 Å². The standard InChI is InChI=1S/C22H22N2O/c1-22(2,3)13-14-10-11-23-18(12-14)20-19(25)9-8-16-15-6-4-5-7-17(15)24-21(16)20/h4-12,24-25H,13H2,1-3H3/i13D2. The minimum absolute atomic E-state index is 0.120. The molecule has 126 valence electrons. The number of H-pyrrole nitrogens is 1. The highest BCUT2D eigenvalue weighted by molar-refractivity contribution is 6.12. The van der Waals surface area contributed by atoms with Crippen molar-refractivity contribution in [3.05, 3.63) is 60.3 Å². The molecule has 0 fully saturated rings. The third-order valence-corrected chi connectivity index (χ3v) is 4.20. The second kappa shape index (κ2) is 5.62. The fourth-order valence-electron chi connectivity index (χ4n) is 3.24. The van der Waals surface area contributed by atoms with Crippen molar-refractivity contribution in [3.63, 3.8) is 0 Å². The summed E-state index contributed by atoms with van der Waals surface area (Å²) in [4.78, 5) is 7.82. The second-order valence-electron chi connectivity index (χ2n) is 7.36. The molecule has 0 bridgehead atoms. The zero-order valence-corrected chi connectivity index (χ0v) is 14.6. The van der Waals surface area contributed by atoms with E-state index in [2.05, 4.69) is 9.97 Å². The zero-order chi connectivity index (χ0) is 19.4. The molecule has 0 aliphatic heterocycles. The number of nitrogens with zero attached hydrogens (tertiary/aromatic N) is 1. The Morgan fingerprint density at radius 2 is 1.88 bits per heavy atom. The smallest absolute Gasteiger partial charge is 0.127 e. The molecule has 3 heteroatoms. The van der Waals surface area contributed by atoms with E-state index in [-0.39, 0.29) is 5.75 Å². The lowest BCUT2D eigenvalue weighted by atomic mass is 9.88. The fourth-order valence-corrected chi connectivity index (χ4v) is 3.24. The number of benzene rings is 2. The molecule has 2 aromatic carbocycles. The Morgan fingerprint density at radius 1 is 1.08 bits per heavy atom. The molecule has 0 aliphatic rings. The first-order chi connectivity index (χ1) is 12.7. The van der Waals surface area contributed by atoms with Gasteiger partial charge < -0.3 is 10.1 Å². The van der Waals surface area contributed by atoms with Gasteiger partial charge in [-0.2, -0.15) is 0 Å². The molecule has 4 rings (SSSR count). The van der Waals surface area contributed by atoms with E-state index in [9.17, 15) is 5.11 Å². The third kappa shape index (κ3) is 2.86. The maximum atomic E-state index is 10.6. The summed E-state index contributed by atoms with van der Waals surface area (Å²) in [6.45, 7) is 5.63. The van der Waals surface area contributed by atoms with Gasteiger partial charge in [-0.1, -0.05) is 39.0 Å². The number of aromatic nitrogens is 2. The lowest BCUT2D eigenvalue weighted by Gasteiger charge is -2.18. The number of aromatic amines is 1. The Balaban J connectivity index is 1.98. The number of pyridine rings is 1. The van der Waals surface area contributed by atoms with Crippen molar-refractivity contribution in [3.8, 4) is 17.0 Å². The number of fused-ring (bicyclic) bond motifs is 3. The predicted octanol–water partition coefficient (Wildman–Crippen LogP) is 5.68. The number of aromatic hydroxyl groups is 1. The van der Waals surface area contributed by atoms with Crippen LogP contribution in [0.3, 0.4) is 0 Å². The summed E-state index contributed by atoms with van der Waals surface area (Å²) < 4.78 is 17.1. The Morgan fingerprint density at radius 3 is 2.68 bits per heavy atom. The van der Waals surface area contributed by atoms with E-state index in [1.165, 1.54) is 0 Å². The molecule has 2 aromatic heterocycles. The van der Waals surface area contributed by atoms with Crippen LogP contribution >= 0.6 is 0 Å². The van der Waals surface area contributed by atoms with Crippen LogP contribution in [0.25, 0.3) is 33.1 Å². The van der Waals surface area contributed by atoms with E-state index in [0.29, 0.717) is 16.8 Å². The average molecular weight is 332 g/mol. The number of para-hydroxylation sites is 1. The highest BCUT2D eigenvalue weighted by Gasteiger charge is 2.17. The van der Waals surface area contributed by atoms with E-state index in [1.807, 2.05) is 51.1 Å². The normalized spacial score (nSPS) is 13.9. The number of nitrogens with one attached hydrogen (secondary N) is 1. The molecule has 2 N–H and O–H groups in total. The number of phenolic OH excluding ortho intramolecular Hbond substituents is 1. The molecule has 0 saturated heterocycles. The second-order valence-corrected chi connectivity index (χ2v) is 7.36. The van der Waals surface area contributed by atoms with E-state index in [4.69, 9.17) is 2.74 Å². The summed E-state index contributed by atoms with van der Waals surface area (Å²) in [5, 5.41) is 12.7. The van der Waals surface area contributed by atoms with Gasteiger partial charge in [0.05, 0.1) is 16.8 Å². The molecular weight excluding hydrogens is 308 g/mol. The molecule has 0 amide bonds. The minimum atomic E-state index is -1.53. The highest BCUT2D eigenvalue weighted by atomic mass is 16.3. The first-order valence-electron chi connectivity index (χ1n) is 9.39. The fraction of sp³-hybridized carbons (Fsp3) is 0.227. The van der Waals surface area contributed by atoms with Gasteiger partial charge in [0.25, 0.3) is 0 Å². The van der Waals surface area contributed by atoms with Crippen LogP contribution in [0.5, 0.6) is 5.75 Å². The van der Waals surface area contributed by atoms with Gasteiger partial charge in [-0.15, -0.1) is 0 Å². The molecule has 0 saturated carbocycles. The number of hydrogen-bond donors (Lipinski definition) is 2. The molecule has 3 nitrogen and oxygen atoms in total. The molecule has 0 unspecified atom stereocenters. The molecule has 4 aromatic rings. The van der Waals surface area contributed by atoms with Gasteiger partial charge in [-0.3, -0.25) is 4.98 Å². The Labute approximate surface area is 150 Å². The molecule has 0 spiro atoms. The van der Waals surface area contributed by atoms with Gasteiger partial charge in [-0.25, -0.2) is 0 Å². The first-order valence-corrected chi connectivity index (χ1v) is 8.39. The minimum Gasteiger partial charge on any atom is -0.507 e. The summed E-state index contributed by atoms with van der Waals surface area (Å²) in [5.41, 5.74) is 2.91. The Kier molecular flexibility index (Phi) is 3.03. The van der Waals surface area contributed by atoms with Crippen LogP contribution in [0, 0.1) is 5.41 Å². The number of phenols is 1.